The summed E-state index contributed by atoms with van der Waals surface area (Å²) in [5.74, 6) is 0.563. The maximum Gasteiger partial charge on any atom is 0.123 e. The number of hydrogen-bond donors (Lipinski definition) is 0. The number of ether oxygens (including phenoxy) is 1. The van der Waals surface area contributed by atoms with Crippen LogP contribution < -0.4 is 4.74 Å². The lowest BCUT2D eigenvalue weighted by atomic mass is 9.95. The Labute approximate surface area is 184 Å². The van der Waals surface area contributed by atoms with Gasteiger partial charge in [-0.25, -0.2) is 4.39 Å². The van der Waals surface area contributed by atoms with Crippen LogP contribution >= 0.6 is 15.9 Å². The van der Waals surface area contributed by atoms with Gasteiger partial charge in [0.1, 0.15) is 18.2 Å². The molecule has 0 saturated heterocycles. The number of hydrogen-bond acceptors (Lipinski definition) is 1. The van der Waals surface area contributed by atoms with Crippen LogP contribution in [0.3, 0.4) is 0 Å². The van der Waals surface area contributed by atoms with E-state index in [-0.39, 0.29) is 5.82 Å². The van der Waals surface area contributed by atoms with Crippen LogP contribution in [0.5, 0.6) is 5.75 Å². The van der Waals surface area contributed by atoms with Crippen LogP contribution in [-0.4, -0.2) is 0 Å². The van der Waals surface area contributed by atoms with E-state index in [2.05, 4.69) is 28.1 Å². The van der Waals surface area contributed by atoms with Crippen LogP contribution in [0.1, 0.15) is 22.3 Å². The molecular weight excluding hydrogens is 439 g/mol. The molecule has 0 saturated carbocycles. The van der Waals surface area contributed by atoms with Gasteiger partial charge in [-0.1, -0.05) is 84.9 Å². The molecule has 0 unspecified atom stereocenters. The van der Waals surface area contributed by atoms with Gasteiger partial charge < -0.3 is 4.74 Å². The second-order valence-corrected chi connectivity index (χ2v) is 7.65. The summed E-state index contributed by atoms with van der Waals surface area (Å²) in [7, 11) is 0. The molecule has 0 amide bonds. The van der Waals surface area contributed by atoms with Gasteiger partial charge in [0.15, 0.2) is 0 Å². The molecule has 0 atom stereocenters. The monoisotopic (exact) mass is 458 g/mol. The predicted octanol–water partition coefficient (Wildman–Crippen LogP) is 7.72. The lowest BCUT2D eigenvalue weighted by Gasteiger charge is -2.14. The summed E-state index contributed by atoms with van der Waals surface area (Å²) in [6.07, 6.45) is 0. The van der Waals surface area contributed by atoms with Crippen LogP contribution in [0, 0.1) is 5.82 Å². The zero-order chi connectivity index (χ0) is 20.8. The van der Waals surface area contributed by atoms with Gasteiger partial charge in [-0.2, -0.15) is 0 Å². The van der Waals surface area contributed by atoms with Gasteiger partial charge in [0.2, 0.25) is 0 Å². The smallest absolute Gasteiger partial charge is 0.123 e. The van der Waals surface area contributed by atoms with Gasteiger partial charge in [-0.15, -0.1) is 0 Å². The highest BCUT2D eigenvalue weighted by Crippen LogP contribution is 2.36. The van der Waals surface area contributed by atoms with Crippen LogP contribution in [0.4, 0.5) is 4.39 Å². The Morgan fingerprint density at radius 1 is 0.633 bits per heavy atom. The van der Waals surface area contributed by atoms with Crippen molar-refractivity contribution in [3.8, 4) is 5.75 Å². The van der Waals surface area contributed by atoms with Gasteiger partial charge in [-0.3, -0.25) is 0 Å². The summed E-state index contributed by atoms with van der Waals surface area (Å²) in [6.45, 7) is 0.529. The van der Waals surface area contributed by atoms with Gasteiger partial charge in [0.05, 0.1) is 0 Å². The Balaban J connectivity index is 1.66. The summed E-state index contributed by atoms with van der Waals surface area (Å²) in [5.41, 5.74) is 5.21. The molecule has 0 aliphatic rings. The van der Waals surface area contributed by atoms with E-state index in [1.54, 1.807) is 12.1 Å². The van der Waals surface area contributed by atoms with E-state index in [0.29, 0.717) is 6.61 Å². The minimum absolute atomic E-state index is 0.250. The molecule has 0 radical (unpaired) electrons. The third-order valence-electron chi connectivity index (χ3n) is 4.77. The van der Waals surface area contributed by atoms with Crippen LogP contribution in [-0.2, 0) is 6.61 Å². The predicted molar refractivity (Wildman–Crippen MR) is 125 cm³/mol. The van der Waals surface area contributed by atoms with Crippen molar-refractivity contribution in [1.29, 1.82) is 0 Å². The van der Waals surface area contributed by atoms with Crippen molar-refractivity contribution in [3.05, 3.63) is 137 Å². The Morgan fingerprint density at radius 2 is 1.17 bits per heavy atom. The van der Waals surface area contributed by atoms with Crippen molar-refractivity contribution >= 4 is 26.0 Å². The van der Waals surface area contributed by atoms with Crippen molar-refractivity contribution in [1.82, 2.24) is 0 Å². The van der Waals surface area contributed by atoms with Crippen molar-refractivity contribution in [2.45, 2.75) is 6.61 Å². The minimum atomic E-state index is -0.250. The molecule has 0 aliphatic carbocycles. The molecule has 0 bridgehead atoms. The lowest BCUT2D eigenvalue weighted by molar-refractivity contribution is 0.306. The van der Waals surface area contributed by atoms with Gasteiger partial charge in [-0.05, 0) is 62.4 Å². The zero-order valence-electron chi connectivity index (χ0n) is 16.3. The molecule has 3 heteroatoms. The molecule has 4 rings (SSSR count). The first-order valence-electron chi connectivity index (χ1n) is 9.69. The summed E-state index contributed by atoms with van der Waals surface area (Å²) in [6, 6.07) is 34.8. The van der Waals surface area contributed by atoms with E-state index in [1.807, 2.05) is 72.8 Å². The molecule has 148 valence electrons. The molecule has 0 aromatic heterocycles. The van der Waals surface area contributed by atoms with Gasteiger partial charge >= 0.3 is 0 Å². The average Bonchev–Trinajstić information content (AvgIpc) is 2.80. The second-order valence-electron chi connectivity index (χ2n) is 6.86. The quantitative estimate of drug-likeness (QED) is 0.268. The molecule has 30 heavy (non-hydrogen) atoms. The standard InChI is InChI=1S/C27H20BrFO/c28-27(23-11-15-24(29)16-12-23)26(21-9-5-2-6-10-21)22-13-17-25(18-14-22)30-19-20-7-3-1-4-8-20/h1-18H,19H2/b27-26+. The molecule has 4 aromatic rings. The molecular formula is C27H20BrFO. The van der Waals surface area contributed by atoms with E-state index in [9.17, 15) is 4.39 Å². The van der Waals surface area contributed by atoms with Gasteiger partial charge in [0.25, 0.3) is 0 Å². The summed E-state index contributed by atoms with van der Waals surface area (Å²) < 4.78 is 20.2. The lowest BCUT2D eigenvalue weighted by Crippen LogP contribution is -1.96. The Hall–Kier alpha value is -3.17. The normalized spacial score (nSPS) is 11.7. The molecule has 0 fully saturated rings. The summed E-state index contributed by atoms with van der Waals surface area (Å²) >= 11 is 3.76. The first kappa shape index (κ1) is 20.1. The summed E-state index contributed by atoms with van der Waals surface area (Å²) in [5, 5.41) is 0. The molecule has 0 aliphatic heterocycles. The highest BCUT2D eigenvalue weighted by Gasteiger charge is 2.12. The SMILES string of the molecule is Fc1ccc(/C(Br)=C(/c2ccccc2)c2ccc(OCc3ccccc3)cc2)cc1. The van der Waals surface area contributed by atoms with E-state index < -0.39 is 0 Å². The highest BCUT2D eigenvalue weighted by atomic mass is 79.9. The fraction of sp³-hybridized carbons (Fsp3) is 0.0370. The third kappa shape index (κ3) is 4.87. The zero-order valence-corrected chi connectivity index (χ0v) is 17.8. The van der Waals surface area contributed by atoms with Crippen molar-refractivity contribution in [2.24, 2.45) is 0 Å². The first-order valence-corrected chi connectivity index (χ1v) is 10.5. The largest absolute Gasteiger partial charge is 0.489 e. The molecule has 0 spiro atoms. The summed E-state index contributed by atoms with van der Waals surface area (Å²) in [4.78, 5) is 0. The topological polar surface area (TPSA) is 9.23 Å². The van der Waals surface area contributed by atoms with Crippen LogP contribution in [0.2, 0.25) is 0 Å². The Bertz CT molecular complexity index is 1120. The fourth-order valence-corrected chi connectivity index (χ4v) is 3.95. The maximum atomic E-state index is 13.4. The molecule has 1 nitrogen and oxygen atoms in total. The van der Waals surface area contributed by atoms with Crippen molar-refractivity contribution in [2.75, 3.05) is 0 Å². The molecule has 0 heterocycles. The number of rotatable bonds is 6. The Kier molecular flexibility index (Phi) is 6.41. The van der Waals surface area contributed by atoms with E-state index >= 15 is 0 Å². The molecule has 0 N–H and O–H groups in total. The van der Waals surface area contributed by atoms with Gasteiger partial charge in [0, 0.05) is 10.1 Å². The average molecular weight is 459 g/mol. The molecule has 4 aromatic carbocycles. The maximum absolute atomic E-state index is 13.4. The Morgan fingerprint density at radius 3 is 1.80 bits per heavy atom. The van der Waals surface area contributed by atoms with Crippen LogP contribution in [0.25, 0.3) is 10.1 Å². The first-order chi connectivity index (χ1) is 14.7. The number of halogens is 2. The minimum Gasteiger partial charge on any atom is -0.489 e. The highest BCUT2D eigenvalue weighted by molar-refractivity contribution is 9.15. The van der Waals surface area contributed by atoms with E-state index in [0.717, 1.165) is 38.1 Å². The van der Waals surface area contributed by atoms with Crippen molar-refractivity contribution < 1.29 is 9.13 Å². The van der Waals surface area contributed by atoms with E-state index in [4.69, 9.17) is 4.74 Å². The van der Waals surface area contributed by atoms with E-state index in [1.165, 1.54) is 12.1 Å². The fourth-order valence-electron chi connectivity index (χ4n) is 3.22. The van der Waals surface area contributed by atoms with Crippen LogP contribution in [0.15, 0.2) is 109 Å². The number of benzene rings is 4. The van der Waals surface area contributed by atoms with Crippen molar-refractivity contribution in [3.63, 3.8) is 0 Å². The second kappa shape index (κ2) is 9.55. The third-order valence-corrected chi connectivity index (χ3v) is 5.63.